The van der Waals surface area contributed by atoms with Gasteiger partial charge in [-0.1, -0.05) is 42.5 Å². The second-order valence-corrected chi connectivity index (χ2v) is 6.99. The first-order valence-corrected chi connectivity index (χ1v) is 8.65. The molecule has 2 aromatic carbocycles. The zero-order chi connectivity index (χ0) is 17.9. The van der Waals surface area contributed by atoms with E-state index in [9.17, 15) is 9.59 Å². The van der Waals surface area contributed by atoms with Gasteiger partial charge >= 0.3 is 5.97 Å². The van der Waals surface area contributed by atoms with Crippen molar-refractivity contribution in [3.05, 3.63) is 71.3 Å². The summed E-state index contributed by atoms with van der Waals surface area (Å²) >= 11 is 0. The molecule has 1 aliphatic heterocycles. The Bertz CT molecular complexity index is 772. The Balaban J connectivity index is 1.82. The summed E-state index contributed by atoms with van der Waals surface area (Å²) in [5.41, 5.74) is 2.24. The summed E-state index contributed by atoms with van der Waals surface area (Å²) in [6, 6.07) is 17.2. The molecule has 1 atom stereocenters. The third-order valence-electron chi connectivity index (χ3n) is 4.95. The van der Waals surface area contributed by atoms with Crippen molar-refractivity contribution in [3.63, 3.8) is 0 Å². The first kappa shape index (κ1) is 17.2. The van der Waals surface area contributed by atoms with Crippen molar-refractivity contribution in [1.82, 2.24) is 4.90 Å². The molecule has 4 heteroatoms. The molecule has 0 saturated carbocycles. The van der Waals surface area contributed by atoms with Crippen LogP contribution in [0.2, 0.25) is 0 Å². The molecule has 0 bridgehead atoms. The molecule has 25 heavy (non-hydrogen) atoms. The van der Waals surface area contributed by atoms with Crippen LogP contribution in [0.15, 0.2) is 54.6 Å². The van der Waals surface area contributed by atoms with E-state index in [-0.39, 0.29) is 17.9 Å². The zero-order valence-electron chi connectivity index (χ0n) is 14.4. The van der Waals surface area contributed by atoms with Crippen LogP contribution in [0.1, 0.15) is 41.3 Å². The molecule has 130 valence electrons. The Morgan fingerprint density at radius 2 is 1.80 bits per heavy atom. The summed E-state index contributed by atoms with van der Waals surface area (Å²) in [5, 5.41) is 8.96. The molecule has 1 amide bonds. The van der Waals surface area contributed by atoms with E-state index < -0.39 is 5.97 Å². The highest BCUT2D eigenvalue weighted by atomic mass is 16.4. The highest BCUT2D eigenvalue weighted by Gasteiger charge is 2.39. The zero-order valence-corrected chi connectivity index (χ0v) is 14.4. The molecule has 0 spiro atoms. The highest BCUT2D eigenvalue weighted by Crippen LogP contribution is 2.33. The molecule has 1 fully saturated rings. The van der Waals surface area contributed by atoms with Gasteiger partial charge < -0.3 is 10.0 Å². The first-order valence-electron chi connectivity index (χ1n) is 8.65. The monoisotopic (exact) mass is 337 g/mol. The van der Waals surface area contributed by atoms with Gasteiger partial charge in [-0.2, -0.15) is 0 Å². The number of carbonyl (C=O) groups excluding carboxylic acids is 1. The number of nitrogens with zero attached hydrogens (tertiary/aromatic N) is 1. The van der Waals surface area contributed by atoms with Crippen molar-refractivity contribution in [1.29, 1.82) is 0 Å². The number of benzene rings is 2. The molecule has 1 N–H and O–H groups in total. The Morgan fingerprint density at radius 1 is 1.08 bits per heavy atom. The minimum Gasteiger partial charge on any atom is -0.481 e. The summed E-state index contributed by atoms with van der Waals surface area (Å²) in [4.78, 5) is 25.9. The normalized spacial score (nSPS) is 19.8. The van der Waals surface area contributed by atoms with Crippen LogP contribution >= 0.6 is 0 Å². The predicted molar refractivity (Wildman–Crippen MR) is 96.6 cm³/mol. The predicted octanol–water partition coefficient (Wildman–Crippen LogP) is 3.55. The SMILES string of the molecule is CC1(Cc2ccccc2)CCCN1C(=O)c1cccc(CC(=O)O)c1. The number of aliphatic carboxylic acids is 1. The highest BCUT2D eigenvalue weighted by molar-refractivity contribution is 5.95. The number of hydrogen-bond donors (Lipinski definition) is 1. The molecular weight excluding hydrogens is 314 g/mol. The number of rotatable bonds is 5. The van der Waals surface area contributed by atoms with Crippen LogP contribution < -0.4 is 0 Å². The van der Waals surface area contributed by atoms with Crippen LogP contribution in [0.25, 0.3) is 0 Å². The molecule has 2 aromatic rings. The van der Waals surface area contributed by atoms with E-state index in [1.165, 1.54) is 5.56 Å². The summed E-state index contributed by atoms with van der Waals surface area (Å²) in [6.07, 6.45) is 2.73. The van der Waals surface area contributed by atoms with Gasteiger partial charge in [-0.3, -0.25) is 9.59 Å². The molecule has 0 aromatic heterocycles. The van der Waals surface area contributed by atoms with Crippen LogP contribution in [0, 0.1) is 0 Å². The molecule has 1 saturated heterocycles. The van der Waals surface area contributed by atoms with E-state index in [2.05, 4.69) is 19.1 Å². The first-order chi connectivity index (χ1) is 12.0. The van der Waals surface area contributed by atoms with Crippen LogP contribution in [-0.2, 0) is 17.6 Å². The summed E-state index contributed by atoms with van der Waals surface area (Å²) in [7, 11) is 0. The van der Waals surface area contributed by atoms with E-state index in [1.54, 1.807) is 24.3 Å². The summed E-state index contributed by atoms with van der Waals surface area (Å²) < 4.78 is 0. The molecule has 3 rings (SSSR count). The van der Waals surface area contributed by atoms with Crippen LogP contribution in [0.4, 0.5) is 0 Å². The van der Waals surface area contributed by atoms with Crippen LogP contribution in [0.5, 0.6) is 0 Å². The minimum absolute atomic E-state index is 0.0110. The molecule has 0 aliphatic carbocycles. The van der Waals surface area contributed by atoms with Crippen LogP contribution in [-0.4, -0.2) is 34.0 Å². The maximum atomic E-state index is 13.1. The van der Waals surface area contributed by atoms with E-state index in [0.717, 1.165) is 25.8 Å². The fraction of sp³-hybridized carbons (Fsp3) is 0.333. The standard InChI is InChI=1S/C21H23NO3/c1-21(15-16-7-3-2-4-8-16)11-6-12-22(21)20(25)18-10-5-9-17(13-18)14-19(23)24/h2-5,7-10,13H,6,11-12,14-15H2,1H3,(H,23,24). The van der Waals surface area contributed by atoms with E-state index >= 15 is 0 Å². The number of carboxylic acid groups (broad SMARTS) is 1. The van der Waals surface area contributed by atoms with E-state index in [4.69, 9.17) is 5.11 Å². The number of amides is 1. The molecule has 0 radical (unpaired) electrons. The topological polar surface area (TPSA) is 57.6 Å². The minimum atomic E-state index is -0.889. The third-order valence-corrected chi connectivity index (χ3v) is 4.95. The molecular formula is C21H23NO3. The number of hydrogen-bond acceptors (Lipinski definition) is 2. The van der Waals surface area contributed by atoms with E-state index in [1.807, 2.05) is 23.1 Å². The van der Waals surface area contributed by atoms with Crippen molar-refractivity contribution < 1.29 is 14.7 Å². The second-order valence-electron chi connectivity index (χ2n) is 6.99. The maximum Gasteiger partial charge on any atom is 0.307 e. The lowest BCUT2D eigenvalue weighted by molar-refractivity contribution is -0.136. The quantitative estimate of drug-likeness (QED) is 0.908. The average molecular weight is 337 g/mol. The van der Waals surface area contributed by atoms with Crippen molar-refractivity contribution >= 4 is 11.9 Å². The van der Waals surface area contributed by atoms with Gasteiger partial charge in [0, 0.05) is 17.6 Å². The average Bonchev–Trinajstić information content (AvgIpc) is 2.96. The van der Waals surface area contributed by atoms with Gasteiger partial charge in [0.1, 0.15) is 0 Å². The van der Waals surface area contributed by atoms with Gasteiger partial charge in [0.15, 0.2) is 0 Å². The van der Waals surface area contributed by atoms with Gasteiger partial charge in [0.05, 0.1) is 6.42 Å². The van der Waals surface area contributed by atoms with Gasteiger partial charge in [-0.05, 0) is 49.4 Å². The van der Waals surface area contributed by atoms with E-state index in [0.29, 0.717) is 11.1 Å². The largest absolute Gasteiger partial charge is 0.481 e. The molecule has 4 nitrogen and oxygen atoms in total. The van der Waals surface area contributed by atoms with Crippen LogP contribution in [0.3, 0.4) is 0 Å². The maximum absolute atomic E-state index is 13.1. The van der Waals surface area contributed by atoms with Gasteiger partial charge in [0.25, 0.3) is 5.91 Å². The number of carboxylic acids is 1. The van der Waals surface area contributed by atoms with Crippen molar-refractivity contribution in [2.24, 2.45) is 0 Å². The second kappa shape index (κ2) is 7.09. The Morgan fingerprint density at radius 3 is 2.52 bits per heavy atom. The smallest absolute Gasteiger partial charge is 0.307 e. The summed E-state index contributed by atoms with van der Waals surface area (Å²) in [6.45, 7) is 2.89. The van der Waals surface area contributed by atoms with Crippen molar-refractivity contribution in [2.45, 2.75) is 38.1 Å². The van der Waals surface area contributed by atoms with Gasteiger partial charge in [-0.25, -0.2) is 0 Å². The Kier molecular flexibility index (Phi) is 4.88. The van der Waals surface area contributed by atoms with Gasteiger partial charge in [0.2, 0.25) is 0 Å². The Hall–Kier alpha value is -2.62. The lowest BCUT2D eigenvalue weighted by Gasteiger charge is -2.36. The molecule has 1 unspecified atom stereocenters. The number of carbonyl (C=O) groups is 2. The Labute approximate surface area is 148 Å². The van der Waals surface area contributed by atoms with Gasteiger partial charge in [-0.15, -0.1) is 0 Å². The fourth-order valence-electron chi connectivity index (χ4n) is 3.73. The lowest BCUT2D eigenvalue weighted by Crippen LogP contribution is -2.46. The third kappa shape index (κ3) is 3.90. The molecule has 1 aliphatic rings. The lowest BCUT2D eigenvalue weighted by atomic mass is 9.89. The number of likely N-dealkylation sites (tertiary alicyclic amines) is 1. The van der Waals surface area contributed by atoms with Crippen molar-refractivity contribution in [3.8, 4) is 0 Å². The summed E-state index contributed by atoms with van der Waals surface area (Å²) in [5.74, 6) is -0.900. The van der Waals surface area contributed by atoms with Crippen molar-refractivity contribution in [2.75, 3.05) is 6.54 Å². The molecule has 1 heterocycles. The fourth-order valence-corrected chi connectivity index (χ4v) is 3.73.